The van der Waals surface area contributed by atoms with Gasteiger partial charge >= 0.3 is 5.97 Å². The van der Waals surface area contributed by atoms with E-state index in [1.54, 1.807) is 0 Å². The molecule has 0 bridgehead atoms. The highest BCUT2D eigenvalue weighted by molar-refractivity contribution is 7.90. The van der Waals surface area contributed by atoms with Crippen molar-refractivity contribution in [2.75, 3.05) is 5.73 Å². The first-order valence-electron chi connectivity index (χ1n) is 7.12. The first kappa shape index (κ1) is 18.2. The normalized spacial score (nSPS) is 11.3. The van der Waals surface area contributed by atoms with Crippen molar-refractivity contribution < 1.29 is 17.9 Å². The van der Waals surface area contributed by atoms with Gasteiger partial charge in [-0.05, 0) is 48.5 Å². The molecule has 0 saturated heterocycles. The van der Waals surface area contributed by atoms with Crippen molar-refractivity contribution in [1.82, 2.24) is 9.19 Å². The summed E-state index contributed by atoms with van der Waals surface area (Å²) in [6.45, 7) is 0. The van der Waals surface area contributed by atoms with E-state index in [9.17, 15) is 13.2 Å². The maximum absolute atomic E-state index is 12.6. The van der Waals surface area contributed by atoms with Gasteiger partial charge in [0, 0.05) is 16.1 Å². The molecule has 0 aliphatic rings. The lowest BCUT2D eigenvalue weighted by atomic mass is 10.2. The first-order valence-corrected chi connectivity index (χ1v) is 9.31. The summed E-state index contributed by atoms with van der Waals surface area (Å²) in [7, 11) is -4.06. The van der Waals surface area contributed by atoms with Gasteiger partial charge in [0.05, 0.1) is 10.5 Å². The summed E-state index contributed by atoms with van der Waals surface area (Å²) in [6.07, 6.45) is 0. The van der Waals surface area contributed by atoms with Gasteiger partial charge in [-0.15, -0.1) is 9.19 Å². The molecule has 2 aromatic carbocycles. The third-order valence-corrected chi connectivity index (χ3v) is 5.42. The molecule has 26 heavy (non-hydrogen) atoms. The number of hydrogen-bond donors (Lipinski definition) is 1. The van der Waals surface area contributed by atoms with Gasteiger partial charge in [0.2, 0.25) is 5.88 Å². The van der Waals surface area contributed by atoms with Crippen LogP contribution in [0.1, 0.15) is 10.4 Å². The fourth-order valence-corrected chi connectivity index (χ4v) is 3.50. The van der Waals surface area contributed by atoms with Crippen LogP contribution in [0.4, 0.5) is 5.82 Å². The van der Waals surface area contributed by atoms with Gasteiger partial charge in [-0.1, -0.05) is 23.2 Å². The highest BCUT2D eigenvalue weighted by atomic mass is 35.5. The van der Waals surface area contributed by atoms with Crippen LogP contribution in [-0.2, 0) is 10.0 Å². The monoisotopic (exact) mass is 411 g/mol. The van der Waals surface area contributed by atoms with E-state index < -0.39 is 16.0 Å². The van der Waals surface area contributed by atoms with E-state index in [1.807, 2.05) is 0 Å². The van der Waals surface area contributed by atoms with Crippen LogP contribution in [0.15, 0.2) is 59.5 Å². The number of aromatic nitrogens is 2. The van der Waals surface area contributed by atoms with Gasteiger partial charge in [-0.2, -0.15) is 8.42 Å². The summed E-state index contributed by atoms with van der Waals surface area (Å²) in [5.74, 6) is -1.19. The molecule has 10 heteroatoms. The van der Waals surface area contributed by atoms with E-state index in [1.165, 1.54) is 48.5 Å². The number of ether oxygens (including phenoxy) is 1. The molecule has 0 aliphatic carbocycles. The molecule has 0 unspecified atom stereocenters. The number of halogens is 2. The van der Waals surface area contributed by atoms with Gasteiger partial charge in [-0.25, -0.2) is 4.79 Å². The van der Waals surface area contributed by atoms with Crippen molar-refractivity contribution in [2.45, 2.75) is 4.90 Å². The lowest BCUT2D eigenvalue weighted by Crippen LogP contribution is -2.17. The molecule has 2 N–H and O–H groups in total. The van der Waals surface area contributed by atoms with E-state index in [2.05, 4.69) is 5.10 Å². The van der Waals surface area contributed by atoms with Crippen LogP contribution in [0.2, 0.25) is 10.0 Å². The number of nitrogens with two attached hydrogens (primary N) is 1. The Balaban J connectivity index is 1.88. The van der Waals surface area contributed by atoms with E-state index in [-0.39, 0.29) is 22.2 Å². The summed E-state index contributed by atoms with van der Waals surface area (Å²) in [4.78, 5) is 12.0. The second-order valence-corrected chi connectivity index (χ2v) is 7.75. The zero-order valence-corrected chi connectivity index (χ0v) is 15.3. The standard InChI is InChI=1S/C16H11Cl2N3O4S/c17-11-3-1-10(2-4-11)16(22)25-15-9-14(19)21(20-15)26(23,24)13-7-5-12(18)6-8-13/h1-9H,19H2. The van der Waals surface area contributed by atoms with Crippen molar-refractivity contribution in [3.05, 3.63) is 70.2 Å². The fraction of sp³-hybridized carbons (Fsp3) is 0. The highest BCUT2D eigenvalue weighted by Crippen LogP contribution is 2.23. The van der Waals surface area contributed by atoms with Crippen molar-refractivity contribution in [3.63, 3.8) is 0 Å². The van der Waals surface area contributed by atoms with Crippen LogP contribution in [0.3, 0.4) is 0 Å². The lowest BCUT2D eigenvalue weighted by Gasteiger charge is -2.06. The van der Waals surface area contributed by atoms with Crippen LogP contribution in [0.5, 0.6) is 5.88 Å². The van der Waals surface area contributed by atoms with Crippen molar-refractivity contribution in [2.24, 2.45) is 0 Å². The largest absolute Gasteiger partial charge is 0.402 e. The second kappa shape index (κ2) is 6.99. The molecule has 0 saturated carbocycles. The van der Waals surface area contributed by atoms with Crippen molar-refractivity contribution >= 4 is 45.0 Å². The topological polar surface area (TPSA) is 104 Å². The van der Waals surface area contributed by atoms with E-state index >= 15 is 0 Å². The number of anilines is 1. The zero-order valence-electron chi connectivity index (χ0n) is 13.0. The van der Waals surface area contributed by atoms with Gasteiger partial charge < -0.3 is 10.5 Å². The number of benzene rings is 2. The number of hydrogen-bond acceptors (Lipinski definition) is 6. The number of nitrogen functional groups attached to an aromatic ring is 1. The molecule has 0 fully saturated rings. The third-order valence-electron chi connectivity index (χ3n) is 3.30. The number of esters is 1. The first-order chi connectivity index (χ1) is 12.3. The molecule has 7 nitrogen and oxygen atoms in total. The van der Waals surface area contributed by atoms with E-state index in [0.29, 0.717) is 14.1 Å². The lowest BCUT2D eigenvalue weighted by molar-refractivity contribution is 0.0727. The molecule has 0 radical (unpaired) electrons. The summed E-state index contributed by atoms with van der Waals surface area (Å²) in [5.41, 5.74) is 5.94. The summed E-state index contributed by atoms with van der Waals surface area (Å²) >= 11 is 11.5. The quantitative estimate of drug-likeness (QED) is 0.660. The number of nitrogens with zero attached hydrogens (tertiary/aromatic N) is 2. The van der Waals surface area contributed by atoms with Crippen LogP contribution in [0, 0.1) is 0 Å². The molecule has 0 amide bonds. The minimum absolute atomic E-state index is 0.0627. The SMILES string of the molecule is Nc1cc(OC(=O)c2ccc(Cl)cc2)nn1S(=O)(=O)c1ccc(Cl)cc1. The molecule has 0 aliphatic heterocycles. The van der Waals surface area contributed by atoms with Gasteiger partial charge in [0.1, 0.15) is 5.82 Å². The zero-order chi connectivity index (χ0) is 18.9. The Morgan fingerprint density at radius 1 is 1.00 bits per heavy atom. The summed E-state index contributed by atoms with van der Waals surface area (Å²) in [5, 5.41) is 4.61. The maximum Gasteiger partial charge on any atom is 0.344 e. The molecular weight excluding hydrogens is 401 g/mol. The summed E-state index contributed by atoms with van der Waals surface area (Å²) < 4.78 is 30.8. The molecular formula is C16H11Cl2N3O4S. The molecule has 0 atom stereocenters. The molecule has 1 heterocycles. The fourth-order valence-electron chi connectivity index (χ4n) is 2.05. The number of rotatable bonds is 4. The average molecular weight is 412 g/mol. The Morgan fingerprint density at radius 3 is 2.12 bits per heavy atom. The van der Waals surface area contributed by atoms with Crippen molar-refractivity contribution in [1.29, 1.82) is 0 Å². The Hall–Kier alpha value is -2.55. The third kappa shape index (κ3) is 3.67. The Labute approximate surface area is 159 Å². The van der Waals surface area contributed by atoms with Gasteiger partial charge in [0.25, 0.3) is 10.0 Å². The molecule has 1 aromatic heterocycles. The molecule has 3 rings (SSSR count). The van der Waals surface area contributed by atoms with Gasteiger partial charge in [-0.3, -0.25) is 0 Å². The smallest absolute Gasteiger partial charge is 0.344 e. The van der Waals surface area contributed by atoms with Crippen molar-refractivity contribution in [3.8, 4) is 5.88 Å². The van der Waals surface area contributed by atoms with E-state index in [4.69, 9.17) is 33.7 Å². The van der Waals surface area contributed by atoms with E-state index in [0.717, 1.165) is 6.07 Å². The predicted octanol–water partition coefficient (Wildman–Crippen LogP) is 3.23. The molecule has 3 aromatic rings. The second-order valence-electron chi connectivity index (χ2n) is 5.11. The Kier molecular flexibility index (Phi) is 4.90. The van der Waals surface area contributed by atoms with Crippen LogP contribution in [0.25, 0.3) is 0 Å². The number of carbonyl (C=O) groups is 1. The van der Waals surface area contributed by atoms with Crippen LogP contribution < -0.4 is 10.5 Å². The molecule has 0 spiro atoms. The minimum Gasteiger partial charge on any atom is -0.402 e. The van der Waals surface area contributed by atoms with Crippen LogP contribution >= 0.6 is 23.2 Å². The van der Waals surface area contributed by atoms with Gasteiger partial charge in [0.15, 0.2) is 0 Å². The Morgan fingerprint density at radius 2 is 1.54 bits per heavy atom. The summed E-state index contributed by atoms with van der Waals surface area (Å²) in [6, 6.07) is 12.6. The average Bonchev–Trinajstić information content (AvgIpc) is 2.97. The minimum atomic E-state index is -4.06. The highest BCUT2D eigenvalue weighted by Gasteiger charge is 2.23. The number of carbonyl (C=O) groups excluding carboxylic acids is 1. The molecule has 134 valence electrons. The predicted molar refractivity (Wildman–Crippen MR) is 97.1 cm³/mol. The maximum atomic E-state index is 12.6. The van der Waals surface area contributed by atoms with Crippen LogP contribution in [-0.4, -0.2) is 23.6 Å². The Bertz CT molecular complexity index is 1060.